The number of aliphatic carboxylic acids is 1. The van der Waals surface area contributed by atoms with Crippen LogP contribution in [-0.2, 0) is 15.0 Å². The first-order valence-corrected chi connectivity index (χ1v) is 6.10. The molecule has 15 heavy (non-hydrogen) atoms. The molecule has 1 heterocycles. The Balaban J connectivity index is 3.02. The number of rotatable bonds is 3. The summed E-state index contributed by atoms with van der Waals surface area (Å²) in [6.45, 7) is 2.03. The molecular formula is C8H16N2O4S. The Labute approximate surface area is 89.7 Å². The monoisotopic (exact) mass is 236 g/mol. The van der Waals surface area contributed by atoms with Gasteiger partial charge in [0.25, 0.3) is 10.2 Å². The van der Waals surface area contributed by atoms with Gasteiger partial charge < -0.3 is 5.11 Å². The summed E-state index contributed by atoms with van der Waals surface area (Å²) in [5.74, 6) is -1.22. The van der Waals surface area contributed by atoms with Gasteiger partial charge in [-0.3, -0.25) is 4.79 Å². The SMILES string of the molecule is CC1CCN(S(=O)(=O)N(C)C)C1C(=O)O. The van der Waals surface area contributed by atoms with Crippen molar-refractivity contribution in [1.29, 1.82) is 0 Å². The average molecular weight is 236 g/mol. The first-order chi connectivity index (χ1) is 6.78. The summed E-state index contributed by atoms with van der Waals surface area (Å²) in [5.41, 5.74) is 0. The minimum atomic E-state index is -3.62. The molecule has 1 aliphatic heterocycles. The third kappa shape index (κ3) is 2.14. The largest absolute Gasteiger partial charge is 0.480 e. The van der Waals surface area contributed by atoms with Crippen LogP contribution in [0.3, 0.4) is 0 Å². The molecule has 1 rings (SSSR count). The van der Waals surface area contributed by atoms with Crippen molar-refractivity contribution < 1.29 is 18.3 Å². The molecule has 0 aliphatic carbocycles. The Kier molecular flexibility index (Phi) is 3.37. The summed E-state index contributed by atoms with van der Waals surface area (Å²) in [5, 5.41) is 8.97. The molecule has 2 unspecified atom stereocenters. The van der Waals surface area contributed by atoms with Crippen LogP contribution in [0.1, 0.15) is 13.3 Å². The molecule has 0 aromatic carbocycles. The lowest BCUT2D eigenvalue weighted by Crippen LogP contribution is -2.47. The van der Waals surface area contributed by atoms with E-state index in [0.717, 1.165) is 8.61 Å². The summed E-state index contributed by atoms with van der Waals surface area (Å²) in [6.07, 6.45) is 0.587. The van der Waals surface area contributed by atoms with Crippen LogP contribution < -0.4 is 0 Å². The van der Waals surface area contributed by atoms with E-state index in [1.54, 1.807) is 6.92 Å². The maximum atomic E-state index is 11.8. The third-order valence-electron chi connectivity index (χ3n) is 2.66. The van der Waals surface area contributed by atoms with E-state index in [4.69, 9.17) is 5.11 Å². The highest BCUT2D eigenvalue weighted by Crippen LogP contribution is 2.27. The quantitative estimate of drug-likeness (QED) is 0.722. The van der Waals surface area contributed by atoms with E-state index in [-0.39, 0.29) is 12.5 Å². The van der Waals surface area contributed by atoms with Crippen molar-refractivity contribution in [2.24, 2.45) is 5.92 Å². The lowest BCUT2D eigenvalue weighted by Gasteiger charge is -2.25. The molecular weight excluding hydrogens is 220 g/mol. The van der Waals surface area contributed by atoms with E-state index in [2.05, 4.69) is 0 Å². The van der Waals surface area contributed by atoms with Gasteiger partial charge in [-0.1, -0.05) is 6.92 Å². The molecule has 7 heteroatoms. The van der Waals surface area contributed by atoms with Crippen molar-refractivity contribution in [3.8, 4) is 0 Å². The maximum absolute atomic E-state index is 11.8. The summed E-state index contributed by atoms with van der Waals surface area (Å²) in [7, 11) is -0.818. The molecule has 0 amide bonds. The van der Waals surface area contributed by atoms with Gasteiger partial charge in [-0.05, 0) is 12.3 Å². The fourth-order valence-electron chi connectivity index (χ4n) is 1.75. The second-order valence-corrected chi connectivity index (χ2v) is 6.04. The predicted octanol–water partition coefficient (Wildman–Crippen LogP) is -0.412. The van der Waals surface area contributed by atoms with E-state index in [0.29, 0.717) is 6.42 Å². The summed E-state index contributed by atoms with van der Waals surface area (Å²) < 4.78 is 25.7. The van der Waals surface area contributed by atoms with Crippen molar-refractivity contribution in [3.05, 3.63) is 0 Å². The molecule has 0 spiro atoms. The summed E-state index contributed by atoms with van der Waals surface area (Å²) in [4.78, 5) is 11.0. The predicted molar refractivity (Wildman–Crippen MR) is 54.5 cm³/mol. The number of hydrogen-bond acceptors (Lipinski definition) is 3. The number of nitrogens with zero attached hydrogens (tertiary/aromatic N) is 2. The highest BCUT2D eigenvalue weighted by Gasteiger charge is 2.44. The van der Waals surface area contributed by atoms with Gasteiger partial charge in [-0.2, -0.15) is 17.0 Å². The molecule has 1 fully saturated rings. The van der Waals surface area contributed by atoms with Gasteiger partial charge in [0.2, 0.25) is 0 Å². The smallest absolute Gasteiger partial charge is 0.322 e. The Morgan fingerprint density at radius 3 is 2.40 bits per heavy atom. The van der Waals surface area contributed by atoms with Crippen LogP contribution in [-0.4, -0.2) is 54.8 Å². The molecule has 1 saturated heterocycles. The fraction of sp³-hybridized carbons (Fsp3) is 0.875. The van der Waals surface area contributed by atoms with Crippen molar-refractivity contribution in [2.75, 3.05) is 20.6 Å². The van der Waals surface area contributed by atoms with Gasteiger partial charge >= 0.3 is 5.97 Å². The number of carboxylic acid groups (broad SMARTS) is 1. The third-order valence-corrected chi connectivity index (χ3v) is 4.59. The van der Waals surface area contributed by atoms with E-state index in [1.807, 2.05) is 0 Å². The maximum Gasteiger partial charge on any atom is 0.322 e. The average Bonchev–Trinajstić information content (AvgIpc) is 2.47. The van der Waals surface area contributed by atoms with Crippen LogP contribution in [0, 0.1) is 5.92 Å². The fourth-order valence-corrected chi connectivity index (χ4v) is 3.09. The zero-order chi connectivity index (χ0) is 11.8. The molecule has 0 saturated carbocycles. The van der Waals surface area contributed by atoms with Gasteiger partial charge in [0, 0.05) is 20.6 Å². The number of hydrogen-bond donors (Lipinski definition) is 1. The van der Waals surface area contributed by atoms with Gasteiger partial charge in [-0.15, -0.1) is 0 Å². The minimum absolute atomic E-state index is 0.141. The van der Waals surface area contributed by atoms with Gasteiger partial charge in [0.05, 0.1) is 0 Å². The lowest BCUT2D eigenvalue weighted by atomic mass is 10.0. The normalized spacial score (nSPS) is 28.5. The summed E-state index contributed by atoms with van der Waals surface area (Å²) in [6, 6.07) is -0.933. The Bertz CT molecular complexity index is 352. The second-order valence-electron chi connectivity index (χ2n) is 3.95. The highest BCUT2D eigenvalue weighted by atomic mass is 32.2. The standard InChI is InChI=1S/C8H16N2O4S/c1-6-4-5-10(7(6)8(11)12)15(13,14)9(2)3/h6-7H,4-5H2,1-3H3,(H,11,12). The Morgan fingerprint density at radius 2 is 2.00 bits per heavy atom. The molecule has 0 bridgehead atoms. The van der Waals surface area contributed by atoms with Crippen molar-refractivity contribution in [1.82, 2.24) is 8.61 Å². The van der Waals surface area contributed by atoms with Crippen LogP contribution >= 0.6 is 0 Å². The molecule has 1 N–H and O–H groups in total. The number of carboxylic acids is 1. The molecule has 2 atom stereocenters. The van der Waals surface area contributed by atoms with Crippen LogP contribution in [0.25, 0.3) is 0 Å². The zero-order valence-corrected chi connectivity index (χ0v) is 9.86. The van der Waals surface area contributed by atoms with Gasteiger partial charge in [0.1, 0.15) is 6.04 Å². The molecule has 0 aromatic heterocycles. The van der Waals surface area contributed by atoms with Crippen LogP contribution in [0.4, 0.5) is 0 Å². The number of carbonyl (C=O) groups is 1. The molecule has 6 nitrogen and oxygen atoms in total. The van der Waals surface area contributed by atoms with E-state index >= 15 is 0 Å². The van der Waals surface area contributed by atoms with Gasteiger partial charge in [-0.25, -0.2) is 0 Å². The molecule has 0 radical (unpaired) electrons. The zero-order valence-electron chi connectivity index (χ0n) is 9.04. The van der Waals surface area contributed by atoms with Crippen LogP contribution in [0.15, 0.2) is 0 Å². The molecule has 0 aromatic rings. The van der Waals surface area contributed by atoms with E-state index in [1.165, 1.54) is 14.1 Å². The minimum Gasteiger partial charge on any atom is -0.480 e. The summed E-state index contributed by atoms with van der Waals surface area (Å²) >= 11 is 0. The van der Waals surface area contributed by atoms with Gasteiger partial charge in [0.15, 0.2) is 0 Å². The van der Waals surface area contributed by atoms with Crippen molar-refractivity contribution in [3.63, 3.8) is 0 Å². The Morgan fingerprint density at radius 1 is 1.47 bits per heavy atom. The Hall–Kier alpha value is -0.660. The van der Waals surface area contributed by atoms with Crippen molar-refractivity contribution in [2.45, 2.75) is 19.4 Å². The lowest BCUT2D eigenvalue weighted by molar-refractivity contribution is -0.141. The van der Waals surface area contributed by atoms with E-state index in [9.17, 15) is 13.2 Å². The highest BCUT2D eigenvalue weighted by molar-refractivity contribution is 7.86. The van der Waals surface area contributed by atoms with E-state index < -0.39 is 22.2 Å². The van der Waals surface area contributed by atoms with Crippen LogP contribution in [0.5, 0.6) is 0 Å². The first kappa shape index (κ1) is 12.4. The first-order valence-electron chi connectivity index (χ1n) is 4.70. The van der Waals surface area contributed by atoms with Crippen LogP contribution in [0.2, 0.25) is 0 Å². The van der Waals surface area contributed by atoms with Crippen molar-refractivity contribution >= 4 is 16.2 Å². The molecule has 88 valence electrons. The molecule has 1 aliphatic rings. The topological polar surface area (TPSA) is 77.9 Å². The second kappa shape index (κ2) is 4.07.